The molecular weight excluding hydrogens is 1220 g/mol. The molecule has 94 heavy (non-hydrogen) atoms. The minimum atomic E-state index is -0.756. The molecule has 0 aliphatic carbocycles. The summed E-state index contributed by atoms with van der Waals surface area (Å²) in [4.78, 5) is 65.5. The summed E-state index contributed by atoms with van der Waals surface area (Å²) in [7, 11) is 0. The van der Waals surface area contributed by atoms with Gasteiger partial charge < -0.3 is 94.1 Å². The lowest BCUT2D eigenvalue weighted by molar-refractivity contribution is -0.122. The number of carbonyl (C=O) groups excluding carboxylic acids is 3. The van der Waals surface area contributed by atoms with Gasteiger partial charge in [-0.15, -0.1) is 0 Å². The Labute approximate surface area is 544 Å². The molecule has 7 rings (SSSR count). The summed E-state index contributed by atoms with van der Waals surface area (Å²) in [6, 6.07) is 17.2. The number of nitrogens with one attached hydrogen (secondary N) is 3. The molecule has 11 N–H and O–H groups in total. The quantitative estimate of drug-likeness (QED) is 0.0125. The number of benzene rings is 5. The highest BCUT2D eigenvalue weighted by molar-refractivity contribution is 5.90. The zero-order valence-electron chi connectivity index (χ0n) is 53.1. The van der Waals surface area contributed by atoms with Crippen LogP contribution in [0.2, 0.25) is 0 Å². The highest BCUT2D eigenvalue weighted by Gasteiger charge is 2.24. The van der Waals surface area contributed by atoms with Gasteiger partial charge in [0.1, 0.15) is 58.2 Å². The maximum absolute atomic E-state index is 13.5. The molecule has 24 heteroatoms. The summed E-state index contributed by atoms with van der Waals surface area (Å²) < 4.78 is 46.8. The second-order valence-electron chi connectivity index (χ2n) is 22.7. The first kappa shape index (κ1) is 71.9. The highest BCUT2D eigenvalue weighted by atomic mass is 16.5. The van der Waals surface area contributed by atoms with Crippen LogP contribution in [0.25, 0.3) is 44.6 Å². The molecular formula is C70H87N3O21. The van der Waals surface area contributed by atoms with Crippen molar-refractivity contribution in [3.63, 3.8) is 0 Å². The molecule has 0 atom stereocenters. The average molecular weight is 1310 g/mol. The minimum absolute atomic E-state index is 0.00939. The van der Waals surface area contributed by atoms with Crippen LogP contribution in [0.15, 0.2) is 97.3 Å². The van der Waals surface area contributed by atoms with Crippen molar-refractivity contribution in [2.75, 3.05) is 72.5 Å². The Morgan fingerprint density at radius 3 is 1.28 bits per heavy atom. The Hall–Kier alpha value is -9.55. The van der Waals surface area contributed by atoms with Gasteiger partial charge in [0.2, 0.25) is 40.1 Å². The average Bonchev–Trinajstić information content (AvgIpc) is 0.781. The van der Waals surface area contributed by atoms with Gasteiger partial charge in [0.15, 0.2) is 46.0 Å². The SMILES string of the molecule is CCCCCCCCCCCCCCCC(=O)NCCc1ccc(OCCCC(=O)NCCOCCOc2c(-c3ccc(O)c(O)c3)oc3cc(O)cc(O)c3c2=O)c(OCCCC(=O)NCCOCCOc2c(-c3ccc(O)c(O)c3)oc3cc(O)cc(O)c3c2=O)c1. The van der Waals surface area contributed by atoms with Gasteiger partial charge in [0.25, 0.3) is 0 Å². The molecule has 0 aliphatic heterocycles. The van der Waals surface area contributed by atoms with Crippen LogP contribution in [0.4, 0.5) is 0 Å². The fraction of sp³-hybridized carbons (Fsp3) is 0.443. The number of unbranched alkanes of at least 4 members (excludes halogenated alkanes) is 12. The van der Waals surface area contributed by atoms with E-state index < -0.39 is 45.4 Å². The van der Waals surface area contributed by atoms with E-state index in [0.717, 1.165) is 61.2 Å². The number of aromatic hydroxyl groups is 8. The summed E-state index contributed by atoms with van der Waals surface area (Å²) in [6.07, 6.45) is 17.9. The van der Waals surface area contributed by atoms with Crippen LogP contribution in [0.3, 0.4) is 0 Å². The second-order valence-corrected chi connectivity index (χ2v) is 22.7. The van der Waals surface area contributed by atoms with Crippen LogP contribution in [0.5, 0.6) is 69.0 Å². The van der Waals surface area contributed by atoms with E-state index in [4.69, 9.17) is 37.3 Å². The molecule has 7 aromatic rings. The van der Waals surface area contributed by atoms with Crippen molar-refractivity contribution in [1.82, 2.24) is 16.0 Å². The third kappa shape index (κ3) is 22.3. The number of fused-ring (bicyclic) bond motifs is 2. The zero-order chi connectivity index (χ0) is 67.2. The summed E-state index contributed by atoms with van der Waals surface area (Å²) in [5.74, 6) is -4.12. The van der Waals surface area contributed by atoms with Gasteiger partial charge in [-0.25, -0.2) is 0 Å². The second kappa shape index (κ2) is 37.8. The lowest BCUT2D eigenvalue weighted by Crippen LogP contribution is -2.28. The number of carbonyl (C=O) groups is 3. The molecule has 0 unspecified atom stereocenters. The van der Waals surface area contributed by atoms with Gasteiger partial charge in [-0.2, -0.15) is 0 Å². The van der Waals surface area contributed by atoms with E-state index >= 15 is 0 Å². The van der Waals surface area contributed by atoms with E-state index in [0.29, 0.717) is 43.7 Å². The Morgan fingerprint density at radius 2 is 0.819 bits per heavy atom. The third-order valence-corrected chi connectivity index (χ3v) is 15.3. The van der Waals surface area contributed by atoms with Gasteiger partial charge in [0.05, 0.1) is 39.6 Å². The van der Waals surface area contributed by atoms with Gasteiger partial charge in [0, 0.05) is 74.3 Å². The molecule has 0 aliphatic rings. The van der Waals surface area contributed by atoms with Crippen LogP contribution in [0.1, 0.15) is 128 Å². The van der Waals surface area contributed by atoms with Crippen molar-refractivity contribution in [2.24, 2.45) is 0 Å². The monoisotopic (exact) mass is 1310 g/mol. The first-order chi connectivity index (χ1) is 45.5. The van der Waals surface area contributed by atoms with Crippen molar-refractivity contribution in [3.8, 4) is 91.6 Å². The van der Waals surface area contributed by atoms with E-state index in [-0.39, 0.29) is 164 Å². The Kier molecular flexibility index (Phi) is 28.9. The van der Waals surface area contributed by atoms with Gasteiger partial charge in [-0.1, -0.05) is 90.0 Å². The van der Waals surface area contributed by atoms with Crippen molar-refractivity contribution < 1.29 is 92.5 Å². The van der Waals surface area contributed by atoms with Crippen molar-refractivity contribution in [3.05, 3.63) is 105 Å². The zero-order valence-corrected chi connectivity index (χ0v) is 53.1. The van der Waals surface area contributed by atoms with Crippen LogP contribution >= 0.6 is 0 Å². The molecule has 24 nitrogen and oxygen atoms in total. The summed E-state index contributed by atoms with van der Waals surface area (Å²) in [5.41, 5.74) is -0.585. The maximum atomic E-state index is 13.5. The number of phenols is 8. The highest BCUT2D eigenvalue weighted by Crippen LogP contribution is 2.40. The molecule has 0 saturated heterocycles. The van der Waals surface area contributed by atoms with Crippen molar-refractivity contribution in [2.45, 2.75) is 129 Å². The van der Waals surface area contributed by atoms with E-state index in [1.54, 1.807) is 6.07 Å². The lowest BCUT2D eigenvalue weighted by Gasteiger charge is -2.15. The molecule has 0 bridgehead atoms. The minimum Gasteiger partial charge on any atom is -0.508 e. The standard InChI is InChI=1S/C70H87N3O21/c1-2-3-4-5-6-7-8-9-10-11-12-13-14-17-60(82)71-27-26-45-20-25-56(89-30-15-18-61(83)72-28-32-87-34-36-91-69-65(85)63-54(80)41-48(74)43-58(63)93-67(69)46-21-23-50(76)52(78)39-46)57(38-45)90-31-16-19-62(84)73-29-33-88-35-37-92-70-66(86)64-55(81)42-49(75)44-59(64)94-68(70)47-22-24-51(77)53(79)40-47/h20-25,38-44,74-81H,2-19,26-37H2,1H3,(H,71,82)(H,72,83)(H,73,84). The van der Waals surface area contributed by atoms with Crippen LogP contribution < -0.4 is 45.8 Å². The topological polar surface area (TPSA) is 365 Å². The predicted molar refractivity (Wildman–Crippen MR) is 351 cm³/mol. The first-order valence-electron chi connectivity index (χ1n) is 32.2. The summed E-state index contributed by atoms with van der Waals surface area (Å²) in [6.45, 7) is 3.13. The number of hydrogen-bond acceptors (Lipinski definition) is 21. The molecule has 5 aromatic carbocycles. The van der Waals surface area contributed by atoms with Crippen LogP contribution in [-0.4, -0.2) is 131 Å². The van der Waals surface area contributed by atoms with E-state index in [2.05, 4.69) is 22.9 Å². The molecule has 2 aromatic heterocycles. The van der Waals surface area contributed by atoms with E-state index in [1.807, 2.05) is 12.1 Å². The Balaban J connectivity index is 0.824. The summed E-state index contributed by atoms with van der Waals surface area (Å²) >= 11 is 0. The molecule has 2 heterocycles. The largest absolute Gasteiger partial charge is 0.508 e. The molecule has 0 saturated carbocycles. The van der Waals surface area contributed by atoms with Crippen LogP contribution in [-0.2, 0) is 30.3 Å². The van der Waals surface area contributed by atoms with E-state index in [1.165, 1.54) is 88.5 Å². The molecule has 0 spiro atoms. The number of ether oxygens (including phenoxy) is 6. The number of phenolic OH excluding ortho intramolecular Hbond substituents is 8. The summed E-state index contributed by atoms with van der Waals surface area (Å²) in [5, 5.41) is 89.0. The lowest BCUT2D eigenvalue weighted by atomic mass is 10.0. The molecule has 0 radical (unpaired) electrons. The normalized spacial score (nSPS) is 11.2. The molecule has 3 amide bonds. The van der Waals surface area contributed by atoms with Gasteiger partial charge in [-0.05, 0) is 79.8 Å². The Bertz CT molecular complexity index is 3730. The fourth-order valence-corrected chi connectivity index (χ4v) is 10.3. The van der Waals surface area contributed by atoms with Gasteiger partial charge >= 0.3 is 0 Å². The van der Waals surface area contributed by atoms with Gasteiger partial charge in [-0.3, -0.25) is 24.0 Å². The number of amides is 3. The van der Waals surface area contributed by atoms with E-state index in [9.17, 15) is 64.8 Å². The Morgan fingerprint density at radius 1 is 0.394 bits per heavy atom. The fourth-order valence-electron chi connectivity index (χ4n) is 10.3. The van der Waals surface area contributed by atoms with Crippen molar-refractivity contribution in [1.29, 1.82) is 0 Å². The number of hydrogen-bond donors (Lipinski definition) is 11. The third-order valence-electron chi connectivity index (χ3n) is 15.3. The number of rotatable bonds is 43. The first-order valence-corrected chi connectivity index (χ1v) is 32.2. The molecule has 508 valence electrons. The smallest absolute Gasteiger partial charge is 0.239 e. The maximum Gasteiger partial charge on any atom is 0.239 e. The van der Waals surface area contributed by atoms with Crippen LogP contribution in [0, 0.1) is 0 Å². The predicted octanol–water partition coefficient (Wildman–Crippen LogP) is 10.8. The van der Waals surface area contributed by atoms with Crippen molar-refractivity contribution >= 4 is 39.7 Å². The molecule has 0 fully saturated rings.